The SMILES string of the molecule is CCCCOc1ccc(C2=CSC(N3CCCCC3)S2)cc1. The first-order chi connectivity index (χ1) is 10.9. The van der Waals surface area contributed by atoms with Crippen molar-refractivity contribution in [2.75, 3.05) is 19.7 Å². The van der Waals surface area contributed by atoms with E-state index in [1.807, 2.05) is 23.5 Å². The minimum absolute atomic E-state index is 0.579. The first-order valence-electron chi connectivity index (χ1n) is 8.36. The maximum absolute atomic E-state index is 5.74. The van der Waals surface area contributed by atoms with Gasteiger partial charge in [0.05, 0.1) is 6.61 Å². The number of ether oxygens (including phenoxy) is 1. The summed E-state index contributed by atoms with van der Waals surface area (Å²) in [4.78, 5) is 4.03. The molecule has 2 heterocycles. The van der Waals surface area contributed by atoms with E-state index in [-0.39, 0.29) is 0 Å². The van der Waals surface area contributed by atoms with E-state index in [2.05, 4.69) is 41.5 Å². The Morgan fingerprint density at radius 1 is 1.14 bits per heavy atom. The van der Waals surface area contributed by atoms with Crippen LogP contribution in [0.1, 0.15) is 44.6 Å². The molecule has 1 atom stereocenters. The topological polar surface area (TPSA) is 12.5 Å². The van der Waals surface area contributed by atoms with Crippen molar-refractivity contribution in [2.45, 2.75) is 43.7 Å². The highest BCUT2D eigenvalue weighted by molar-refractivity contribution is 8.26. The summed E-state index contributed by atoms with van der Waals surface area (Å²) in [6.07, 6.45) is 6.42. The fourth-order valence-corrected chi connectivity index (χ4v) is 5.46. The highest BCUT2D eigenvalue weighted by Gasteiger charge is 2.26. The fourth-order valence-electron chi connectivity index (χ4n) is 2.76. The Labute approximate surface area is 142 Å². The predicted octanol–water partition coefficient (Wildman–Crippen LogP) is 5.41. The van der Waals surface area contributed by atoms with E-state index in [0.29, 0.717) is 4.71 Å². The summed E-state index contributed by atoms with van der Waals surface area (Å²) in [5.74, 6) is 0.987. The third-order valence-electron chi connectivity index (χ3n) is 4.11. The quantitative estimate of drug-likeness (QED) is 0.644. The van der Waals surface area contributed by atoms with Crippen molar-refractivity contribution in [3.8, 4) is 5.75 Å². The van der Waals surface area contributed by atoms with Gasteiger partial charge in [0.1, 0.15) is 10.5 Å². The fraction of sp³-hybridized carbons (Fsp3) is 0.556. The molecule has 0 N–H and O–H groups in total. The molecule has 22 heavy (non-hydrogen) atoms. The Morgan fingerprint density at radius 3 is 2.64 bits per heavy atom. The van der Waals surface area contributed by atoms with Crippen LogP contribution in [0.3, 0.4) is 0 Å². The van der Waals surface area contributed by atoms with Crippen LogP contribution in [0, 0.1) is 0 Å². The van der Waals surface area contributed by atoms with E-state index in [4.69, 9.17) is 4.74 Å². The zero-order chi connectivity index (χ0) is 15.2. The van der Waals surface area contributed by atoms with E-state index >= 15 is 0 Å². The van der Waals surface area contributed by atoms with Crippen molar-refractivity contribution in [3.63, 3.8) is 0 Å². The standard InChI is InChI=1S/C18H25NOS2/c1-2-3-13-20-16-9-7-15(8-10-16)17-14-21-18(22-17)19-11-5-4-6-12-19/h7-10,14,18H,2-6,11-13H2,1H3. The van der Waals surface area contributed by atoms with Gasteiger partial charge in [-0.3, -0.25) is 4.90 Å². The van der Waals surface area contributed by atoms with Crippen molar-refractivity contribution in [1.82, 2.24) is 4.90 Å². The molecule has 1 saturated heterocycles. The molecule has 0 aromatic heterocycles. The van der Waals surface area contributed by atoms with Gasteiger partial charge in [-0.2, -0.15) is 0 Å². The van der Waals surface area contributed by atoms with Gasteiger partial charge in [0.15, 0.2) is 0 Å². The molecule has 4 heteroatoms. The molecule has 1 aromatic rings. The molecule has 0 aliphatic carbocycles. The third kappa shape index (κ3) is 4.24. The lowest BCUT2D eigenvalue weighted by atomic mass is 10.1. The van der Waals surface area contributed by atoms with Crippen molar-refractivity contribution in [3.05, 3.63) is 35.2 Å². The smallest absolute Gasteiger partial charge is 0.119 e. The minimum Gasteiger partial charge on any atom is -0.494 e. The Hall–Kier alpha value is -0.580. The lowest BCUT2D eigenvalue weighted by Gasteiger charge is -2.30. The molecule has 2 aliphatic heterocycles. The van der Waals surface area contributed by atoms with Gasteiger partial charge in [0.25, 0.3) is 0 Å². The molecule has 0 amide bonds. The number of likely N-dealkylation sites (tertiary alicyclic amines) is 1. The normalized spacial score (nSPS) is 22.6. The zero-order valence-corrected chi connectivity index (χ0v) is 14.9. The maximum Gasteiger partial charge on any atom is 0.119 e. The first kappa shape index (κ1) is 16.3. The van der Waals surface area contributed by atoms with E-state index in [9.17, 15) is 0 Å². The first-order valence-corrected chi connectivity index (χ1v) is 10.2. The summed E-state index contributed by atoms with van der Waals surface area (Å²) in [6.45, 7) is 5.53. The molecule has 2 nitrogen and oxygen atoms in total. The zero-order valence-electron chi connectivity index (χ0n) is 13.3. The van der Waals surface area contributed by atoms with E-state index in [1.165, 1.54) is 49.2 Å². The molecule has 2 aliphatic rings. The van der Waals surface area contributed by atoms with E-state index in [0.717, 1.165) is 18.8 Å². The van der Waals surface area contributed by atoms with Crippen LogP contribution in [0.25, 0.3) is 4.91 Å². The molecule has 1 unspecified atom stereocenters. The van der Waals surface area contributed by atoms with Crippen LogP contribution in [-0.4, -0.2) is 29.3 Å². The predicted molar refractivity (Wildman–Crippen MR) is 99.2 cm³/mol. The Kier molecular flexibility index (Phi) is 6.16. The number of nitrogens with zero attached hydrogens (tertiary/aromatic N) is 1. The van der Waals surface area contributed by atoms with Crippen LogP contribution < -0.4 is 4.74 Å². The summed E-state index contributed by atoms with van der Waals surface area (Å²) in [6, 6.07) is 8.59. The Bertz CT molecular complexity index is 494. The Balaban J connectivity index is 1.53. The number of unbranched alkanes of at least 4 members (excludes halogenated alkanes) is 1. The second-order valence-electron chi connectivity index (χ2n) is 5.87. The average molecular weight is 336 g/mol. The molecule has 120 valence electrons. The summed E-state index contributed by atoms with van der Waals surface area (Å²) in [5.41, 5.74) is 1.32. The van der Waals surface area contributed by atoms with Crippen molar-refractivity contribution < 1.29 is 4.74 Å². The average Bonchev–Trinajstić information content (AvgIpc) is 3.07. The lowest BCUT2D eigenvalue weighted by Crippen LogP contribution is -2.34. The number of rotatable bonds is 6. The van der Waals surface area contributed by atoms with Crippen LogP contribution in [-0.2, 0) is 0 Å². The third-order valence-corrected chi connectivity index (χ3v) is 6.89. The number of benzene rings is 1. The van der Waals surface area contributed by atoms with Crippen LogP contribution in [0.15, 0.2) is 29.7 Å². The molecule has 1 aromatic carbocycles. The Morgan fingerprint density at radius 2 is 1.91 bits per heavy atom. The van der Waals surface area contributed by atoms with Crippen LogP contribution in [0.4, 0.5) is 0 Å². The molecule has 0 saturated carbocycles. The number of piperidine rings is 1. The monoisotopic (exact) mass is 335 g/mol. The number of thioether (sulfide) groups is 2. The van der Waals surface area contributed by atoms with Crippen LogP contribution >= 0.6 is 23.5 Å². The second kappa shape index (κ2) is 8.32. The molecule has 0 bridgehead atoms. The molecule has 0 radical (unpaired) electrons. The molecule has 3 rings (SSSR count). The summed E-state index contributed by atoms with van der Waals surface area (Å²) < 4.78 is 6.32. The van der Waals surface area contributed by atoms with Crippen LogP contribution in [0.5, 0.6) is 5.75 Å². The lowest BCUT2D eigenvalue weighted by molar-refractivity contribution is 0.253. The molecular weight excluding hydrogens is 310 g/mol. The van der Waals surface area contributed by atoms with Gasteiger partial charge in [-0.05, 0) is 55.5 Å². The van der Waals surface area contributed by atoms with Gasteiger partial charge in [0, 0.05) is 4.91 Å². The van der Waals surface area contributed by atoms with E-state index < -0.39 is 0 Å². The maximum atomic E-state index is 5.74. The van der Waals surface area contributed by atoms with Crippen molar-refractivity contribution in [1.29, 1.82) is 0 Å². The summed E-state index contributed by atoms with van der Waals surface area (Å²) in [5, 5.41) is 2.33. The van der Waals surface area contributed by atoms with Gasteiger partial charge < -0.3 is 4.74 Å². The van der Waals surface area contributed by atoms with Crippen molar-refractivity contribution in [2.24, 2.45) is 0 Å². The highest BCUT2D eigenvalue weighted by atomic mass is 32.2. The van der Waals surface area contributed by atoms with Gasteiger partial charge in [0.2, 0.25) is 0 Å². The van der Waals surface area contributed by atoms with Gasteiger partial charge in [-0.25, -0.2) is 0 Å². The van der Waals surface area contributed by atoms with Crippen LogP contribution in [0.2, 0.25) is 0 Å². The largest absolute Gasteiger partial charge is 0.494 e. The van der Waals surface area contributed by atoms with Crippen molar-refractivity contribution >= 4 is 28.4 Å². The molecular formula is C18H25NOS2. The summed E-state index contributed by atoms with van der Waals surface area (Å²) >= 11 is 3.98. The van der Waals surface area contributed by atoms with Gasteiger partial charge in [-0.15, -0.1) is 11.8 Å². The number of hydrogen-bond donors (Lipinski definition) is 0. The molecule has 0 spiro atoms. The second-order valence-corrected chi connectivity index (χ2v) is 8.24. The minimum atomic E-state index is 0.579. The molecule has 1 fully saturated rings. The van der Waals surface area contributed by atoms with Gasteiger partial charge >= 0.3 is 0 Å². The van der Waals surface area contributed by atoms with Gasteiger partial charge in [-0.1, -0.05) is 43.7 Å². The summed E-state index contributed by atoms with van der Waals surface area (Å²) in [7, 11) is 0. The number of hydrogen-bond acceptors (Lipinski definition) is 4. The van der Waals surface area contributed by atoms with E-state index in [1.54, 1.807) is 0 Å². The highest BCUT2D eigenvalue weighted by Crippen LogP contribution is 2.47.